The van der Waals surface area contributed by atoms with Crippen molar-refractivity contribution in [2.45, 2.75) is 39.2 Å². The van der Waals surface area contributed by atoms with Crippen LogP contribution in [0.2, 0.25) is 0 Å². The van der Waals surface area contributed by atoms with Gasteiger partial charge in [-0.05, 0) is 25.7 Å². The molecule has 0 spiro atoms. The Hall–Kier alpha value is -0.610. The molecule has 4 nitrogen and oxygen atoms in total. The van der Waals surface area contributed by atoms with E-state index >= 15 is 0 Å². The second kappa shape index (κ2) is 4.75. The molecule has 0 aromatic carbocycles. The Bertz CT molecular complexity index is 198. The van der Waals surface area contributed by atoms with Crippen molar-refractivity contribution in [3.05, 3.63) is 0 Å². The number of aliphatic carboxylic acids is 1. The molecule has 0 bridgehead atoms. The van der Waals surface area contributed by atoms with Crippen molar-refractivity contribution in [1.82, 2.24) is 0 Å². The number of carboxylic acids is 1. The summed E-state index contributed by atoms with van der Waals surface area (Å²) in [5.41, 5.74) is 5.02. The Morgan fingerprint density at radius 1 is 1.43 bits per heavy atom. The van der Waals surface area contributed by atoms with E-state index < -0.39 is 16.9 Å². The Balaban J connectivity index is 4.58. The van der Waals surface area contributed by atoms with Crippen LogP contribution in [0.3, 0.4) is 0 Å². The first kappa shape index (κ1) is 13.4. The van der Waals surface area contributed by atoms with Crippen LogP contribution in [0.4, 0.5) is 0 Å². The van der Waals surface area contributed by atoms with Crippen LogP contribution >= 0.6 is 0 Å². The zero-order valence-electron chi connectivity index (χ0n) is 9.46. The van der Waals surface area contributed by atoms with E-state index in [0.29, 0.717) is 13.0 Å². The predicted octanol–water partition coefficient (Wildman–Crippen LogP) is 1.24. The summed E-state index contributed by atoms with van der Waals surface area (Å²) in [7, 11) is 1.60. The fraction of sp³-hybridized carbons (Fsp3) is 0.900. The quantitative estimate of drug-likeness (QED) is 0.681. The lowest BCUT2D eigenvalue weighted by molar-refractivity contribution is -0.141. The van der Waals surface area contributed by atoms with Crippen LogP contribution in [-0.2, 0) is 9.53 Å². The van der Waals surface area contributed by atoms with Gasteiger partial charge in [-0.25, -0.2) is 0 Å². The molecule has 1 unspecified atom stereocenters. The largest absolute Gasteiger partial charge is 0.481 e. The van der Waals surface area contributed by atoms with Gasteiger partial charge in [0.1, 0.15) is 0 Å². The molecule has 0 saturated heterocycles. The SMILES string of the molecule is COCCC(C)(CC(=O)O)C(C)(C)N. The van der Waals surface area contributed by atoms with E-state index in [1.807, 2.05) is 20.8 Å². The minimum atomic E-state index is -0.817. The van der Waals surface area contributed by atoms with Crippen molar-refractivity contribution in [1.29, 1.82) is 0 Å². The summed E-state index contributed by atoms with van der Waals surface area (Å²) < 4.78 is 4.97. The lowest BCUT2D eigenvalue weighted by atomic mass is 9.69. The molecule has 0 aliphatic rings. The molecular formula is C10H21NO3. The highest BCUT2D eigenvalue weighted by molar-refractivity contribution is 5.68. The van der Waals surface area contributed by atoms with Gasteiger partial charge >= 0.3 is 5.97 Å². The Morgan fingerprint density at radius 3 is 2.21 bits per heavy atom. The Morgan fingerprint density at radius 2 is 1.93 bits per heavy atom. The molecule has 84 valence electrons. The van der Waals surface area contributed by atoms with Gasteiger partial charge in [-0.3, -0.25) is 4.79 Å². The molecule has 3 N–H and O–H groups in total. The molecule has 4 heteroatoms. The summed E-state index contributed by atoms with van der Waals surface area (Å²) in [6.45, 7) is 6.13. The third-order valence-electron chi connectivity index (χ3n) is 2.95. The molecule has 0 aliphatic heterocycles. The topological polar surface area (TPSA) is 72.5 Å². The summed E-state index contributed by atoms with van der Waals surface area (Å²) in [6, 6.07) is 0. The number of ether oxygens (including phenoxy) is 1. The summed E-state index contributed by atoms with van der Waals surface area (Å²) >= 11 is 0. The highest BCUT2D eigenvalue weighted by Gasteiger charge is 2.39. The highest BCUT2D eigenvalue weighted by Crippen LogP contribution is 2.36. The van der Waals surface area contributed by atoms with Crippen LogP contribution in [0, 0.1) is 5.41 Å². The summed E-state index contributed by atoms with van der Waals surface area (Å²) in [4.78, 5) is 10.7. The van der Waals surface area contributed by atoms with E-state index in [9.17, 15) is 4.79 Å². The standard InChI is InChI=1S/C10H21NO3/c1-9(2,11)10(3,5-6-14-4)7-8(12)13/h5-7,11H2,1-4H3,(H,12,13). The molecule has 14 heavy (non-hydrogen) atoms. The van der Waals surface area contributed by atoms with Crippen molar-refractivity contribution in [3.63, 3.8) is 0 Å². The number of carbonyl (C=O) groups is 1. The molecule has 0 aliphatic carbocycles. The predicted molar refractivity (Wildman–Crippen MR) is 55.1 cm³/mol. The third-order valence-corrected chi connectivity index (χ3v) is 2.95. The zero-order chi connectivity index (χ0) is 11.4. The van der Waals surface area contributed by atoms with Crippen LogP contribution in [0.1, 0.15) is 33.6 Å². The van der Waals surface area contributed by atoms with Crippen LogP contribution < -0.4 is 5.73 Å². The number of hydrogen-bond donors (Lipinski definition) is 2. The van der Waals surface area contributed by atoms with Gasteiger partial charge < -0.3 is 15.6 Å². The van der Waals surface area contributed by atoms with Crippen molar-refractivity contribution in [3.8, 4) is 0 Å². The van der Waals surface area contributed by atoms with Gasteiger partial charge in [-0.1, -0.05) is 6.92 Å². The second-order valence-electron chi connectivity index (χ2n) is 4.60. The molecule has 0 saturated carbocycles. The van der Waals surface area contributed by atoms with E-state index in [2.05, 4.69) is 0 Å². The first-order valence-electron chi connectivity index (χ1n) is 4.72. The van der Waals surface area contributed by atoms with Crippen molar-refractivity contribution >= 4 is 5.97 Å². The van der Waals surface area contributed by atoms with E-state index in [1.165, 1.54) is 0 Å². The normalized spacial score (nSPS) is 16.4. The van der Waals surface area contributed by atoms with Crippen molar-refractivity contribution in [2.75, 3.05) is 13.7 Å². The fourth-order valence-corrected chi connectivity index (χ4v) is 1.30. The van der Waals surface area contributed by atoms with Gasteiger partial charge in [-0.2, -0.15) is 0 Å². The summed E-state index contributed by atoms with van der Waals surface area (Å²) in [5, 5.41) is 8.82. The van der Waals surface area contributed by atoms with Gasteiger partial charge in [0.2, 0.25) is 0 Å². The van der Waals surface area contributed by atoms with Crippen molar-refractivity contribution in [2.24, 2.45) is 11.1 Å². The first-order chi connectivity index (χ1) is 6.23. The molecule has 0 heterocycles. The second-order valence-corrected chi connectivity index (χ2v) is 4.60. The Labute approximate surface area is 85.4 Å². The minimum Gasteiger partial charge on any atom is -0.481 e. The molecule has 0 amide bonds. The maximum atomic E-state index is 10.7. The average Bonchev–Trinajstić information content (AvgIpc) is 1.97. The number of rotatable bonds is 6. The lowest BCUT2D eigenvalue weighted by Gasteiger charge is -2.40. The number of nitrogens with two attached hydrogens (primary N) is 1. The molecule has 0 aromatic heterocycles. The van der Waals surface area contributed by atoms with Gasteiger partial charge in [0, 0.05) is 19.3 Å². The van der Waals surface area contributed by atoms with Crippen LogP contribution in [0.15, 0.2) is 0 Å². The number of methoxy groups -OCH3 is 1. The van der Waals surface area contributed by atoms with Crippen LogP contribution in [0.5, 0.6) is 0 Å². The number of carboxylic acid groups (broad SMARTS) is 1. The van der Waals surface area contributed by atoms with E-state index in [4.69, 9.17) is 15.6 Å². The smallest absolute Gasteiger partial charge is 0.303 e. The minimum absolute atomic E-state index is 0.0693. The summed E-state index contributed by atoms with van der Waals surface area (Å²) in [5.74, 6) is -0.817. The molecule has 0 fully saturated rings. The highest BCUT2D eigenvalue weighted by atomic mass is 16.5. The van der Waals surface area contributed by atoms with E-state index in [-0.39, 0.29) is 6.42 Å². The van der Waals surface area contributed by atoms with Crippen LogP contribution in [0.25, 0.3) is 0 Å². The molecule has 0 radical (unpaired) electrons. The lowest BCUT2D eigenvalue weighted by Crippen LogP contribution is -2.50. The fourth-order valence-electron chi connectivity index (χ4n) is 1.30. The summed E-state index contributed by atoms with van der Waals surface area (Å²) in [6.07, 6.45) is 0.721. The maximum Gasteiger partial charge on any atom is 0.303 e. The first-order valence-corrected chi connectivity index (χ1v) is 4.72. The van der Waals surface area contributed by atoms with Crippen LogP contribution in [-0.4, -0.2) is 30.3 Å². The monoisotopic (exact) mass is 203 g/mol. The van der Waals surface area contributed by atoms with E-state index in [0.717, 1.165) is 0 Å². The zero-order valence-corrected chi connectivity index (χ0v) is 9.46. The Kier molecular flexibility index (Phi) is 4.55. The van der Waals surface area contributed by atoms with Crippen molar-refractivity contribution < 1.29 is 14.6 Å². The van der Waals surface area contributed by atoms with E-state index in [1.54, 1.807) is 7.11 Å². The molecule has 0 aromatic rings. The van der Waals surface area contributed by atoms with Gasteiger partial charge in [-0.15, -0.1) is 0 Å². The molecular weight excluding hydrogens is 182 g/mol. The van der Waals surface area contributed by atoms with Gasteiger partial charge in [0.25, 0.3) is 0 Å². The third kappa shape index (κ3) is 3.64. The maximum absolute atomic E-state index is 10.7. The molecule has 1 atom stereocenters. The molecule has 0 rings (SSSR count). The number of hydrogen-bond acceptors (Lipinski definition) is 3. The average molecular weight is 203 g/mol. The van der Waals surface area contributed by atoms with Gasteiger partial charge in [0.15, 0.2) is 0 Å². The van der Waals surface area contributed by atoms with Gasteiger partial charge in [0.05, 0.1) is 6.42 Å².